The van der Waals surface area contributed by atoms with Crippen LogP contribution in [0.4, 0.5) is 0 Å². The lowest BCUT2D eigenvalue weighted by Crippen LogP contribution is -2.06. The third-order valence-corrected chi connectivity index (χ3v) is 5.00. The van der Waals surface area contributed by atoms with Crippen molar-refractivity contribution in [3.63, 3.8) is 0 Å². The van der Waals surface area contributed by atoms with Crippen LogP contribution < -0.4 is 5.73 Å². The van der Waals surface area contributed by atoms with Crippen LogP contribution in [-0.2, 0) is 5.75 Å². The fraction of sp³-hybridized carbons (Fsp3) is 0.0667. The van der Waals surface area contributed by atoms with Gasteiger partial charge < -0.3 is 5.73 Å². The topological polar surface area (TPSA) is 50.7 Å². The normalized spacial score (nSPS) is 12.0. The SMILES string of the molecule is NC(=NN=Cc1cc(Cl)c(Br)cc1Cl)SCc1ccccc1. The Labute approximate surface area is 151 Å². The van der Waals surface area contributed by atoms with E-state index in [9.17, 15) is 0 Å². The number of benzene rings is 2. The molecular weight excluding hydrogens is 405 g/mol. The summed E-state index contributed by atoms with van der Waals surface area (Å²) in [6, 6.07) is 13.4. The summed E-state index contributed by atoms with van der Waals surface area (Å²) in [4.78, 5) is 0. The lowest BCUT2D eigenvalue weighted by molar-refractivity contribution is 1.25. The molecule has 2 N–H and O–H groups in total. The molecule has 2 aromatic carbocycles. The maximum atomic E-state index is 6.09. The molecule has 0 saturated carbocycles. The summed E-state index contributed by atoms with van der Waals surface area (Å²) < 4.78 is 0.734. The lowest BCUT2D eigenvalue weighted by atomic mass is 10.2. The molecule has 0 fully saturated rings. The fourth-order valence-electron chi connectivity index (χ4n) is 1.55. The van der Waals surface area contributed by atoms with Gasteiger partial charge in [-0.05, 0) is 33.6 Å². The van der Waals surface area contributed by atoms with Crippen LogP contribution in [0.2, 0.25) is 10.0 Å². The minimum absolute atomic E-state index is 0.388. The average molecular weight is 417 g/mol. The number of rotatable bonds is 4. The average Bonchev–Trinajstić information content (AvgIpc) is 2.51. The maximum Gasteiger partial charge on any atom is 0.180 e. The molecular formula is C15H12BrCl2N3S. The number of amidine groups is 1. The minimum atomic E-state index is 0.388. The second kappa shape index (κ2) is 8.58. The van der Waals surface area contributed by atoms with Crippen LogP contribution in [0.15, 0.2) is 57.1 Å². The van der Waals surface area contributed by atoms with Gasteiger partial charge in [-0.1, -0.05) is 65.3 Å². The molecule has 0 aliphatic carbocycles. The number of nitrogens with two attached hydrogens (primary N) is 1. The van der Waals surface area contributed by atoms with Gasteiger partial charge in [0, 0.05) is 15.8 Å². The molecule has 0 spiro atoms. The molecule has 0 bridgehead atoms. The first-order valence-electron chi connectivity index (χ1n) is 6.24. The lowest BCUT2D eigenvalue weighted by Gasteiger charge is -2.01. The van der Waals surface area contributed by atoms with Crippen molar-refractivity contribution in [2.45, 2.75) is 5.75 Å². The molecule has 22 heavy (non-hydrogen) atoms. The summed E-state index contributed by atoms with van der Waals surface area (Å²) in [7, 11) is 0. The molecule has 0 atom stereocenters. The summed E-state index contributed by atoms with van der Waals surface area (Å²) >= 11 is 16.8. The number of hydrogen-bond acceptors (Lipinski definition) is 3. The molecule has 0 radical (unpaired) electrons. The Morgan fingerprint density at radius 2 is 1.91 bits per heavy atom. The highest BCUT2D eigenvalue weighted by atomic mass is 79.9. The Hall–Kier alpha value is -1.01. The van der Waals surface area contributed by atoms with Gasteiger partial charge >= 0.3 is 0 Å². The monoisotopic (exact) mass is 415 g/mol. The quantitative estimate of drug-likeness (QED) is 0.316. The van der Waals surface area contributed by atoms with Crippen LogP contribution in [0, 0.1) is 0 Å². The van der Waals surface area contributed by atoms with E-state index in [2.05, 4.69) is 26.1 Å². The van der Waals surface area contributed by atoms with Crippen molar-refractivity contribution in [1.29, 1.82) is 0 Å². The van der Waals surface area contributed by atoms with Gasteiger partial charge in [0.05, 0.1) is 16.3 Å². The summed E-state index contributed by atoms with van der Waals surface area (Å²) in [6.45, 7) is 0. The first-order valence-corrected chi connectivity index (χ1v) is 8.77. The van der Waals surface area contributed by atoms with Crippen LogP contribution in [0.5, 0.6) is 0 Å². The molecule has 0 aromatic heterocycles. The molecule has 0 heterocycles. The molecule has 0 aliphatic rings. The van der Waals surface area contributed by atoms with Crippen LogP contribution in [0.25, 0.3) is 0 Å². The van der Waals surface area contributed by atoms with Crippen LogP contribution in [-0.4, -0.2) is 11.4 Å². The highest BCUT2D eigenvalue weighted by molar-refractivity contribution is 9.10. The zero-order valence-corrected chi connectivity index (χ0v) is 15.3. The molecule has 0 aliphatic heterocycles. The van der Waals surface area contributed by atoms with Crippen molar-refractivity contribution < 1.29 is 0 Å². The predicted molar refractivity (Wildman–Crippen MR) is 101 cm³/mol. The minimum Gasteiger partial charge on any atom is -0.377 e. The molecule has 0 saturated heterocycles. The van der Waals surface area contributed by atoms with E-state index in [-0.39, 0.29) is 0 Å². The predicted octanol–water partition coefficient (Wildman–Crippen LogP) is 5.34. The highest BCUT2D eigenvalue weighted by Crippen LogP contribution is 2.28. The fourth-order valence-corrected chi connectivity index (χ4v) is 3.02. The van der Waals surface area contributed by atoms with E-state index in [1.165, 1.54) is 23.5 Å². The van der Waals surface area contributed by atoms with Gasteiger partial charge in [0.2, 0.25) is 0 Å². The second-order valence-corrected chi connectivity index (χ2v) is 6.91. The van der Waals surface area contributed by atoms with Gasteiger partial charge in [0.15, 0.2) is 5.17 Å². The van der Waals surface area contributed by atoms with Gasteiger partial charge in [-0.2, -0.15) is 5.10 Å². The van der Waals surface area contributed by atoms with E-state index < -0.39 is 0 Å². The molecule has 114 valence electrons. The Morgan fingerprint density at radius 1 is 1.18 bits per heavy atom. The Morgan fingerprint density at radius 3 is 2.64 bits per heavy atom. The van der Waals surface area contributed by atoms with E-state index in [0.717, 1.165) is 10.2 Å². The maximum absolute atomic E-state index is 6.09. The van der Waals surface area contributed by atoms with Gasteiger partial charge in [-0.25, -0.2) is 0 Å². The smallest absolute Gasteiger partial charge is 0.180 e. The van der Waals surface area contributed by atoms with Gasteiger partial charge in [-0.3, -0.25) is 0 Å². The van der Waals surface area contributed by atoms with E-state index >= 15 is 0 Å². The van der Waals surface area contributed by atoms with E-state index in [4.69, 9.17) is 28.9 Å². The first-order chi connectivity index (χ1) is 10.6. The van der Waals surface area contributed by atoms with Gasteiger partial charge in [0.1, 0.15) is 0 Å². The van der Waals surface area contributed by atoms with E-state index in [1.807, 2.05) is 30.3 Å². The van der Waals surface area contributed by atoms with Crippen LogP contribution >= 0.6 is 50.9 Å². The third-order valence-electron chi connectivity index (χ3n) is 2.62. The highest BCUT2D eigenvalue weighted by Gasteiger charge is 2.03. The largest absolute Gasteiger partial charge is 0.377 e. The summed E-state index contributed by atoms with van der Waals surface area (Å²) in [6.07, 6.45) is 1.52. The Balaban J connectivity index is 1.97. The molecule has 7 heteroatoms. The molecule has 3 nitrogen and oxygen atoms in total. The van der Waals surface area contributed by atoms with Crippen molar-refractivity contribution >= 4 is 62.3 Å². The number of hydrogen-bond donors (Lipinski definition) is 1. The number of nitrogens with zero attached hydrogens (tertiary/aromatic N) is 2. The van der Waals surface area contributed by atoms with E-state index in [0.29, 0.717) is 20.8 Å². The van der Waals surface area contributed by atoms with E-state index in [1.54, 1.807) is 12.1 Å². The standard InChI is InChI=1S/C15H12BrCl2N3S/c16-12-7-13(17)11(6-14(12)18)8-20-21-15(19)22-9-10-4-2-1-3-5-10/h1-8H,9H2,(H2,19,21). The van der Waals surface area contributed by atoms with Crippen molar-refractivity contribution in [3.05, 3.63) is 68.1 Å². The third kappa shape index (κ3) is 5.32. The van der Waals surface area contributed by atoms with Gasteiger partial charge in [0.25, 0.3) is 0 Å². The molecule has 0 amide bonds. The summed E-state index contributed by atoms with van der Waals surface area (Å²) in [5, 5.41) is 9.36. The first kappa shape index (κ1) is 17.3. The van der Waals surface area contributed by atoms with Crippen LogP contribution in [0.1, 0.15) is 11.1 Å². The summed E-state index contributed by atoms with van der Waals surface area (Å²) in [5.74, 6) is 0.747. The van der Waals surface area contributed by atoms with Crippen molar-refractivity contribution in [1.82, 2.24) is 0 Å². The molecule has 2 rings (SSSR count). The van der Waals surface area contributed by atoms with Crippen LogP contribution in [0.3, 0.4) is 0 Å². The Bertz CT molecular complexity index is 705. The van der Waals surface area contributed by atoms with Crippen molar-refractivity contribution in [2.24, 2.45) is 15.9 Å². The zero-order chi connectivity index (χ0) is 15.9. The van der Waals surface area contributed by atoms with Crippen molar-refractivity contribution in [2.75, 3.05) is 0 Å². The zero-order valence-electron chi connectivity index (χ0n) is 11.3. The molecule has 0 unspecified atom stereocenters. The Kier molecular flexibility index (Phi) is 6.76. The number of halogens is 3. The summed E-state index contributed by atoms with van der Waals surface area (Å²) in [5.41, 5.74) is 7.67. The second-order valence-electron chi connectivity index (χ2n) is 4.24. The molecule has 2 aromatic rings. The number of thioether (sulfide) groups is 1. The van der Waals surface area contributed by atoms with Crippen molar-refractivity contribution in [3.8, 4) is 0 Å². The van der Waals surface area contributed by atoms with Gasteiger partial charge in [-0.15, -0.1) is 5.10 Å².